The van der Waals surface area contributed by atoms with E-state index in [0.717, 1.165) is 4.21 Å². The molecule has 0 unspecified atom stereocenters. The van der Waals surface area contributed by atoms with Crippen molar-refractivity contribution in [2.24, 2.45) is 0 Å². The Kier molecular flexibility index (Phi) is 2.77. The van der Waals surface area contributed by atoms with E-state index in [4.69, 9.17) is 5.26 Å². The Morgan fingerprint density at radius 1 is 1.50 bits per heavy atom. The Labute approximate surface area is 89.4 Å². The Morgan fingerprint density at radius 2 is 2.43 bits per heavy atom. The van der Waals surface area contributed by atoms with E-state index in [-0.39, 0.29) is 0 Å². The fourth-order valence-electron chi connectivity index (χ4n) is 0.893. The molecule has 2 heterocycles. The van der Waals surface area contributed by atoms with Gasteiger partial charge in [-0.25, -0.2) is 9.97 Å². The molecule has 2 aromatic rings. The molecule has 5 heteroatoms. The largest absolute Gasteiger partial charge is 0.243 e. The number of hydrogen-bond donors (Lipinski definition) is 0. The number of rotatable bonds is 2. The molecule has 0 aliphatic carbocycles. The van der Waals surface area contributed by atoms with Crippen LogP contribution in [-0.4, -0.2) is 9.97 Å². The molecule has 0 atom stereocenters. The zero-order chi connectivity index (χ0) is 9.80. The summed E-state index contributed by atoms with van der Waals surface area (Å²) in [7, 11) is 0. The van der Waals surface area contributed by atoms with Crippen molar-refractivity contribution in [1.29, 1.82) is 5.26 Å². The number of nitriles is 1. The van der Waals surface area contributed by atoms with Crippen LogP contribution in [0.1, 0.15) is 5.56 Å². The van der Waals surface area contributed by atoms with Gasteiger partial charge in [0, 0.05) is 6.20 Å². The maximum atomic E-state index is 8.81. The topological polar surface area (TPSA) is 49.6 Å². The molecule has 2 rings (SSSR count). The molecule has 0 N–H and O–H groups in total. The summed E-state index contributed by atoms with van der Waals surface area (Å²) in [6, 6.07) is 6.04. The molecule has 0 bridgehead atoms. The van der Waals surface area contributed by atoms with Crippen LogP contribution < -0.4 is 0 Å². The molecule has 3 nitrogen and oxygen atoms in total. The van der Waals surface area contributed by atoms with E-state index in [9.17, 15) is 0 Å². The molecule has 0 radical (unpaired) electrons. The second kappa shape index (κ2) is 4.22. The van der Waals surface area contributed by atoms with Crippen molar-refractivity contribution in [2.75, 3.05) is 0 Å². The van der Waals surface area contributed by atoms with Crippen molar-refractivity contribution in [3.8, 4) is 6.07 Å². The normalized spacial score (nSPS) is 9.64. The first-order chi connectivity index (χ1) is 6.90. The minimum Gasteiger partial charge on any atom is -0.243 e. The predicted octanol–water partition coefficient (Wildman–Crippen LogP) is 2.56. The maximum Gasteiger partial charge on any atom is 0.123 e. The van der Waals surface area contributed by atoms with Crippen molar-refractivity contribution in [3.05, 3.63) is 35.6 Å². The van der Waals surface area contributed by atoms with Gasteiger partial charge in [-0.05, 0) is 11.4 Å². The van der Waals surface area contributed by atoms with Gasteiger partial charge in [-0.15, -0.1) is 11.3 Å². The second-order valence-electron chi connectivity index (χ2n) is 2.39. The standard InChI is InChI=1S/C9H5N3S2/c10-4-7-5-11-6-12-9(7)14-8-2-1-3-13-8/h1-3,5-6H. The molecular weight excluding hydrogens is 214 g/mol. The lowest BCUT2D eigenvalue weighted by atomic mass is 10.4. The van der Waals surface area contributed by atoms with Crippen LogP contribution in [0, 0.1) is 11.3 Å². The zero-order valence-electron chi connectivity index (χ0n) is 7.04. The van der Waals surface area contributed by atoms with Gasteiger partial charge >= 0.3 is 0 Å². The van der Waals surface area contributed by atoms with Crippen molar-refractivity contribution >= 4 is 23.1 Å². The lowest BCUT2D eigenvalue weighted by Gasteiger charge is -1.97. The summed E-state index contributed by atoms with van der Waals surface area (Å²) < 4.78 is 1.13. The number of thiophene rings is 1. The Morgan fingerprint density at radius 3 is 3.14 bits per heavy atom. The van der Waals surface area contributed by atoms with Crippen LogP contribution in [-0.2, 0) is 0 Å². The van der Waals surface area contributed by atoms with Crippen molar-refractivity contribution in [2.45, 2.75) is 9.24 Å². The van der Waals surface area contributed by atoms with Crippen LogP contribution >= 0.6 is 23.1 Å². The van der Waals surface area contributed by atoms with Crippen molar-refractivity contribution in [1.82, 2.24) is 9.97 Å². The number of aromatic nitrogens is 2. The molecule has 68 valence electrons. The SMILES string of the molecule is N#Cc1cncnc1Sc1cccs1. The molecule has 0 aliphatic heterocycles. The summed E-state index contributed by atoms with van der Waals surface area (Å²) in [5, 5.41) is 11.5. The maximum absolute atomic E-state index is 8.81. The highest BCUT2D eigenvalue weighted by Crippen LogP contribution is 2.31. The van der Waals surface area contributed by atoms with Gasteiger partial charge in [0.1, 0.15) is 23.0 Å². The average molecular weight is 219 g/mol. The summed E-state index contributed by atoms with van der Waals surface area (Å²) in [4.78, 5) is 7.86. The first kappa shape index (κ1) is 9.19. The number of nitrogens with zero attached hydrogens (tertiary/aromatic N) is 3. The molecule has 14 heavy (non-hydrogen) atoms. The van der Waals surface area contributed by atoms with Gasteiger partial charge in [-0.2, -0.15) is 5.26 Å². The van der Waals surface area contributed by atoms with Gasteiger partial charge in [0.25, 0.3) is 0 Å². The Balaban J connectivity index is 2.30. The molecule has 0 amide bonds. The monoisotopic (exact) mass is 219 g/mol. The van der Waals surface area contributed by atoms with Crippen molar-refractivity contribution in [3.63, 3.8) is 0 Å². The summed E-state index contributed by atoms with van der Waals surface area (Å²) >= 11 is 3.12. The van der Waals surface area contributed by atoms with Crippen LogP contribution in [0.3, 0.4) is 0 Å². The van der Waals surface area contributed by atoms with Gasteiger partial charge in [-0.1, -0.05) is 17.8 Å². The van der Waals surface area contributed by atoms with Gasteiger partial charge in [0.15, 0.2) is 0 Å². The molecule has 0 saturated carbocycles. The summed E-state index contributed by atoms with van der Waals surface area (Å²) in [6.07, 6.45) is 2.99. The van der Waals surface area contributed by atoms with E-state index in [2.05, 4.69) is 16.0 Å². The predicted molar refractivity (Wildman–Crippen MR) is 55.2 cm³/mol. The Bertz CT molecular complexity index is 459. The van der Waals surface area contributed by atoms with Gasteiger partial charge in [0.2, 0.25) is 0 Å². The highest BCUT2D eigenvalue weighted by molar-refractivity contribution is 8.01. The van der Waals surface area contributed by atoms with Crippen LogP contribution in [0.25, 0.3) is 0 Å². The smallest absolute Gasteiger partial charge is 0.123 e. The molecular formula is C9H5N3S2. The third-order valence-electron chi connectivity index (χ3n) is 1.49. The van der Waals surface area contributed by atoms with E-state index in [1.165, 1.54) is 24.3 Å². The minimum atomic E-state index is 0.519. The fourth-order valence-corrected chi connectivity index (χ4v) is 2.58. The Hall–Kier alpha value is -1.38. The van der Waals surface area contributed by atoms with E-state index in [1.54, 1.807) is 11.3 Å². The van der Waals surface area contributed by atoms with E-state index < -0.39 is 0 Å². The van der Waals surface area contributed by atoms with Gasteiger partial charge < -0.3 is 0 Å². The molecule has 0 aliphatic rings. The van der Waals surface area contributed by atoms with E-state index >= 15 is 0 Å². The fraction of sp³-hybridized carbons (Fsp3) is 0. The van der Waals surface area contributed by atoms with Crippen LogP contribution in [0.5, 0.6) is 0 Å². The van der Waals surface area contributed by atoms with Crippen LogP contribution in [0.4, 0.5) is 0 Å². The van der Waals surface area contributed by atoms with E-state index in [0.29, 0.717) is 10.6 Å². The molecule has 2 aromatic heterocycles. The molecule has 0 saturated heterocycles. The molecule has 0 fully saturated rings. The third kappa shape index (κ3) is 1.92. The van der Waals surface area contributed by atoms with E-state index in [1.807, 2.05) is 17.5 Å². The summed E-state index contributed by atoms with van der Waals surface area (Å²) in [5.41, 5.74) is 0.519. The van der Waals surface area contributed by atoms with Crippen LogP contribution in [0.2, 0.25) is 0 Å². The quantitative estimate of drug-likeness (QED) is 0.728. The highest BCUT2D eigenvalue weighted by Gasteiger charge is 2.05. The number of hydrogen-bond acceptors (Lipinski definition) is 5. The molecule has 0 spiro atoms. The summed E-state index contributed by atoms with van der Waals surface area (Å²) in [5.74, 6) is 0. The average Bonchev–Trinajstić information content (AvgIpc) is 2.71. The third-order valence-corrected chi connectivity index (χ3v) is 3.54. The first-order valence-corrected chi connectivity index (χ1v) is 5.51. The molecule has 0 aromatic carbocycles. The zero-order valence-corrected chi connectivity index (χ0v) is 8.68. The lowest BCUT2D eigenvalue weighted by Crippen LogP contribution is -1.86. The second-order valence-corrected chi connectivity index (χ2v) is 4.62. The highest BCUT2D eigenvalue weighted by atomic mass is 32.2. The lowest BCUT2D eigenvalue weighted by molar-refractivity contribution is 1.03. The summed E-state index contributed by atoms with van der Waals surface area (Å²) in [6.45, 7) is 0. The van der Waals surface area contributed by atoms with Gasteiger partial charge in [-0.3, -0.25) is 0 Å². The van der Waals surface area contributed by atoms with Crippen LogP contribution in [0.15, 0.2) is 39.3 Å². The van der Waals surface area contributed by atoms with Crippen molar-refractivity contribution < 1.29 is 0 Å². The first-order valence-electron chi connectivity index (χ1n) is 3.81. The minimum absolute atomic E-state index is 0.519. The van der Waals surface area contributed by atoms with Gasteiger partial charge in [0.05, 0.1) is 4.21 Å².